The molecule has 1 aromatic rings. The summed E-state index contributed by atoms with van der Waals surface area (Å²) in [6.07, 6.45) is 0. The second kappa shape index (κ2) is 6.39. The van der Waals surface area contributed by atoms with Crippen molar-refractivity contribution in [3.05, 3.63) is 23.2 Å². The van der Waals surface area contributed by atoms with Gasteiger partial charge in [0.2, 0.25) is 0 Å². The van der Waals surface area contributed by atoms with Gasteiger partial charge >= 0.3 is 0 Å². The Bertz CT molecular complexity index is 361. The average Bonchev–Trinajstić information content (AvgIpc) is 2.55. The summed E-state index contributed by atoms with van der Waals surface area (Å²) in [5.74, 6) is 2.58. The molecule has 0 aromatic carbocycles. The first-order valence-electron chi connectivity index (χ1n) is 6.71. The third-order valence-corrected chi connectivity index (χ3v) is 2.56. The van der Waals surface area contributed by atoms with Gasteiger partial charge in [-0.05, 0) is 51.8 Å². The van der Waals surface area contributed by atoms with Crippen LogP contribution in [-0.2, 0) is 17.9 Å². The van der Waals surface area contributed by atoms with E-state index in [0.717, 1.165) is 24.6 Å². The maximum absolute atomic E-state index is 5.80. The molecule has 0 saturated heterocycles. The van der Waals surface area contributed by atoms with Gasteiger partial charge < -0.3 is 14.5 Å². The van der Waals surface area contributed by atoms with Crippen molar-refractivity contribution < 1.29 is 9.15 Å². The van der Waals surface area contributed by atoms with E-state index in [4.69, 9.17) is 9.15 Å². The summed E-state index contributed by atoms with van der Waals surface area (Å²) >= 11 is 0. The Kier molecular flexibility index (Phi) is 5.42. The van der Waals surface area contributed by atoms with E-state index in [-0.39, 0.29) is 5.60 Å². The molecule has 0 spiro atoms. The molecule has 3 nitrogen and oxygen atoms in total. The van der Waals surface area contributed by atoms with E-state index in [9.17, 15) is 0 Å². The van der Waals surface area contributed by atoms with Crippen LogP contribution in [0, 0.1) is 12.8 Å². The highest BCUT2D eigenvalue weighted by Gasteiger charge is 2.13. The zero-order chi connectivity index (χ0) is 13.8. The largest absolute Gasteiger partial charge is 0.462 e. The predicted molar refractivity (Wildman–Crippen MR) is 74.5 cm³/mol. The fourth-order valence-electron chi connectivity index (χ4n) is 1.60. The topological polar surface area (TPSA) is 34.4 Å². The van der Waals surface area contributed by atoms with Crippen molar-refractivity contribution >= 4 is 0 Å². The minimum atomic E-state index is -0.128. The van der Waals surface area contributed by atoms with Crippen LogP contribution >= 0.6 is 0 Å². The Balaban J connectivity index is 2.48. The lowest BCUT2D eigenvalue weighted by Crippen LogP contribution is -2.19. The van der Waals surface area contributed by atoms with Crippen LogP contribution in [0.15, 0.2) is 10.5 Å². The van der Waals surface area contributed by atoms with Gasteiger partial charge in [-0.2, -0.15) is 0 Å². The van der Waals surface area contributed by atoms with Gasteiger partial charge in [0.05, 0.1) is 12.1 Å². The van der Waals surface area contributed by atoms with Gasteiger partial charge in [0.15, 0.2) is 0 Å². The summed E-state index contributed by atoms with van der Waals surface area (Å²) in [5.41, 5.74) is 1.07. The molecule has 0 aliphatic heterocycles. The highest BCUT2D eigenvalue weighted by Crippen LogP contribution is 2.18. The fraction of sp³-hybridized carbons (Fsp3) is 0.733. The van der Waals surface area contributed by atoms with E-state index in [1.165, 1.54) is 5.56 Å². The van der Waals surface area contributed by atoms with Crippen LogP contribution in [0.5, 0.6) is 0 Å². The molecular formula is C15H27NO2. The molecule has 0 aliphatic carbocycles. The van der Waals surface area contributed by atoms with Crippen LogP contribution in [0.3, 0.4) is 0 Å². The summed E-state index contributed by atoms with van der Waals surface area (Å²) < 4.78 is 11.5. The molecular weight excluding hydrogens is 226 g/mol. The third kappa shape index (κ3) is 5.69. The van der Waals surface area contributed by atoms with Crippen LogP contribution in [0.1, 0.15) is 51.7 Å². The van der Waals surface area contributed by atoms with Crippen molar-refractivity contribution in [1.29, 1.82) is 0 Å². The van der Waals surface area contributed by atoms with Crippen molar-refractivity contribution in [3.63, 3.8) is 0 Å². The molecule has 104 valence electrons. The first kappa shape index (κ1) is 15.3. The Hall–Kier alpha value is -0.800. The van der Waals surface area contributed by atoms with E-state index in [1.54, 1.807) is 0 Å². The lowest BCUT2D eigenvalue weighted by molar-refractivity contribution is -0.0227. The second-order valence-corrected chi connectivity index (χ2v) is 6.24. The number of ether oxygens (including phenoxy) is 1. The van der Waals surface area contributed by atoms with Crippen molar-refractivity contribution in [3.8, 4) is 0 Å². The van der Waals surface area contributed by atoms with Crippen LogP contribution in [0.25, 0.3) is 0 Å². The molecule has 1 rings (SSSR count). The van der Waals surface area contributed by atoms with Crippen LogP contribution in [-0.4, -0.2) is 12.1 Å². The highest BCUT2D eigenvalue weighted by molar-refractivity contribution is 5.19. The van der Waals surface area contributed by atoms with Gasteiger partial charge in [-0.3, -0.25) is 0 Å². The summed E-state index contributed by atoms with van der Waals surface area (Å²) in [6, 6.07) is 2.07. The number of hydrogen-bond donors (Lipinski definition) is 1. The lowest BCUT2D eigenvalue weighted by atomic mass is 10.2. The van der Waals surface area contributed by atoms with Gasteiger partial charge in [0, 0.05) is 0 Å². The first-order chi connectivity index (χ1) is 8.28. The third-order valence-electron chi connectivity index (χ3n) is 2.56. The van der Waals surface area contributed by atoms with Crippen molar-refractivity contribution in [2.24, 2.45) is 5.92 Å². The Morgan fingerprint density at radius 1 is 1.33 bits per heavy atom. The van der Waals surface area contributed by atoms with E-state index < -0.39 is 0 Å². The normalized spacial score (nSPS) is 12.4. The molecule has 0 unspecified atom stereocenters. The van der Waals surface area contributed by atoms with Crippen molar-refractivity contribution in [2.75, 3.05) is 6.54 Å². The zero-order valence-corrected chi connectivity index (χ0v) is 12.6. The number of hydrogen-bond acceptors (Lipinski definition) is 3. The minimum Gasteiger partial charge on any atom is -0.462 e. The molecule has 1 heterocycles. The Morgan fingerprint density at radius 2 is 2.00 bits per heavy atom. The molecule has 0 saturated carbocycles. The van der Waals surface area contributed by atoms with Crippen LogP contribution in [0.4, 0.5) is 0 Å². The van der Waals surface area contributed by atoms with Crippen LogP contribution in [0.2, 0.25) is 0 Å². The Morgan fingerprint density at radius 3 is 2.56 bits per heavy atom. The van der Waals surface area contributed by atoms with Crippen molar-refractivity contribution in [2.45, 2.75) is 60.3 Å². The first-order valence-corrected chi connectivity index (χ1v) is 6.71. The van der Waals surface area contributed by atoms with Gasteiger partial charge in [0.25, 0.3) is 0 Å². The quantitative estimate of drug-likeness (QED) is 0.840. The van der Waals surface area contributed by atoms with E-state index >= 15 is 0 Å². The molecule has 0 atom stereocenters. The molecule has 0 amide bonds. The number of nitrogens with one attached hydrogen (secondary N) is 1. The Labute approximate surface area is 111 Å². The maximum Gasteiger partial charge on any atom is 0.130 e. The van der Waals surface area contributed by atoms with Crippen molar-refractivity contribution in [1.82, 2.24) is 5.32 Å². The molecule has 0 fully saturated rings. The van der Waals surface area contributed by atoms with Gasteiger partial charge in [-0.15, -0.1) is 0 Å². The summed E-state index contributed by atoms with van der Waals surface area (Å²) in [4.78, 5) is 0. The fourth-order valence-corrected chi connectivity index (χ4v) is 1.60. The SMILES string of the molecule is Cc1cc(COC(C)(C)C)oc1CNCC(C)C. The van der Waals surface area contributed by atoms with Crippen LogP contribution < -0.4 is 5.32 Å². The number of aryl methyl sites for hydroxylation is 1. The summed E-state index contributed by atoms with van der Waals surface area (Å²) in [5, 5.41) is 3.39. The van der Waals surface area contributed by atoms with E-state index in [1.807, 2.05) is 20.8 Å². The summed E-state index contributed by atoms with van der Waals surface area (Å²) in [6.45, 7) is 15.0. The predicted octanol–water partition coefficient (Wildman–Crippen LogP) is 3.65. The molecule has 1 N–H and O–H groups in total. The summed E-state index contributed by atoms with van der Waals surface area (Å²) in [7, 11) is 0. The van der Waals surface area contributed by atoms with E-state index in [2.05, 4.69) is 32.2 Å². The van der Waals surface area contributed by atoms with Gasteiger partial charge in [-0.25, -0.2) is 0 Å². The molecule has 18 heavy (non-hydrogen) atoms. The monoisotopic (exact) mass is 253 g/mol. The van der Waals surface area contributed by atoms with E-state index in [0.29, 0.717) is 12.5 Å². The number of rotatable bonds is 6. The molecule has 0 bridgehead atoms. The van der Waals surface area contributed by atoms with Gasteiger partial charge in [0.1, 0.15) is 18.1 Å². The molecule has 0 radical (unpaired) electrons. The molecule has 0 aliphatic rings. The maximum atomic E-state index is 5.80. The smallest absolute Gasteiger partial charge is 0.130 e. The standard InChI is InChI=1S/C15H27NO2/c1-11(2)8-16-9-14-12(3)7-13(18-14)10-17-15(4,5)6/h7,11,16H,8-10H2,1-6H3. The average molecular weight is 253 g/mol. The zero-order valence-electron chi connectivity index (χ0n) is 12.6. The lowest BCUT2D eigenvalue weighted by Gasteiger charge is -2.18. The van der Waals surface area contributed by atoms with Gasteiger partial charge in [-0.1, -0.05) is 13.8 Å². The second-order valence-electron chi connectivity index (χ2n) is 6.24. The minimum absolute atomic E-state index is 0.128. The highest BCUT2D eigenvalue weighted by atomic mass is 16.5. The number of furan rings is 1. The molecule has 1 aromatic heterocycles. The molecule has 3 heteroatoms.